The highest BCUT2D eigenvalue weighted by Gasteiger charge is 2.23. The first-order valence-corrected chi connectivity index (χ1v) is 7.69. The number of fused-ring (bicyclic) bond motifs is 2. The third-order valence-electron chi connectivity index (χ3n) is 4.09. The number of rotatable bonds is 4. The second-order valence-electron chi connectivity index (χ2n) is 5.83. The van der Waals surface area contributed by atoms with Crippen LogP contribution in [0.4, 0.5) is 0 Å². The zero-order chi connectivity index (χ0) is 15.2. The quantitative estimate of drug-likeness (QED) is 0.578. The zero-order valence-electron chi connectivity index (χ0n) is 12.3. The Balaban J connectivity index is 1.60. The fraction of sp³-hybridized carbons (Fsp3) is 0.235. The topological polar surface area (TPSA) is 65.5 Å². The summed E-state index contributed by atoms with van der Waals surface area (Å²) < 4.78 is 13.6. The van der Waals surface area contributed by atoms with E-state index in [1.165, 1.54) is 12.8 Å². The number of hydrogen-bond acceptors (Lipinski definition) is 5. The zero-order valence-corrected chi connectivity index (χ0v) is 12.3. The molecule has 0 bridgehead atoms. The summed E-state index contributed by atoms with van der Waals surface area (Å²) in [6.45, 7) is 0.726. The van der Waals surface area contributed by atoms with Gasteiger partial charge in [-0.15, -0.1) is 0 Å². The highest BCUT2D eigenvalue weighted by Crippen LogP contribution is 2.34. The molecule has 0 unspecified atom stereocenters. The van der Waals surface area contributed by atoms with E-state index < -0.39 is 0 Å². The van der Waals surface area contributed by atoms with E-state index in [2.05, 4.69) is 15.1 Å². The van der Waals surface area contributed by atoms with E-state index in [0.29, 0.717) is 17.6 Å². The second-order valence-corrected chi connectivity index (χ2v) is 5.83. The van der Waals surface area contributed by atoms with Gasteiger partial charge in [0.15, 0.2) is 11.4 Å². The fourth-order valence-corrected chi connectivity index (χ4v) is 2.66. The molecule has 1 fully saturated rings. The van der Waals surface area contributed by atoms with Gasteiger partial charge in [-0.2, -0.15) is 5.10 Å². The SMILES string of the molecule is c1cnn2c(-c3cc4c(OCC5CC5)nccc4o3)cnc2c1. The number of imidazole rings is 1. The van der Waals surface area contributed by atoms with Crippen LogP contribution in [0.3, 0.4) is 0 Å². The minimum atomic E-state index is 0.631. The third-order valence-corrected chi connectivity index (χ3v) is 4.09. The fourth-order valence-electron chi connectivity index (χ4n) is 2.66. The van der Waals surface area contributed by atoms with E-state index >= 15 is 0 Å². The number of aromatic nitrogens is 4. The molecule has 4 aromatic heterocycles. The molecule has 0 spiro atoms. The highest BCUT2D eigenvalue weighted by atomic mass is 16.5. The predicted octanol–water partition coefficient (Wildman–Crippen LogP) is 3.33. The van der Waals surface area contributed by atoms with Gasteiger partial charge in [0.1, 0.15) is 11.3 Å². The molecule has 4 heterocycles. The van der Waals surface area contributed by atoms with Gasteiger partial charge in [-0.05, 0) is 37.0 Å². The van der Waals surface area contributed by atoms with Crippen LogP contribution in [0.2, 0.25) is 0 Å². The van der Waals surface area contributed by atoms with Gasteiger partial charge in [0.05, 0.1) is 18.2 Å². The van der Waals surface area contributed by atoms with Crippen molar-refractivity contribution >= 4 is 16.6 Å². The second kappa shape index (κ2) is 4.81. The Hall–Kier alpha value is -2.89. The molecule has 0 saturated heterocycles. The predicted molar refractivity (Wildman–Crippen MR) is 84.2 cm³/mol. The summed E-state index contributed by atoms with van der Waals surface area (Å²) in [6, 6.07) is 7.56. The molecule has 6 heteroatoms. The van der Waals surface area contributed by atoms with Crippen molar-refractivity contribution in [2.45, 2.75) is 12.8 Å². The van der Waals surface area contributed by atoms with Crippen molar-refractivity contribution in [3.8, 4) is 17.3 Å². The van der Waals surface area contributed by atoms with E-state index in [-0.39, 0.29) is 0 Å². The van der Waals surface area contributed by atoms with E-state index in [1.54, 1.807) is 23.1 Å². The summed E-state index contributed by atoms with van der Waals surface area (Å²) in [6.07, 6.45) is 7.70. The van der Waals surface area contributed by atoms with E-state index in [1.807, 2.05) is 24.3 Å². The van der Waals surface area contributed by atoms with Gasteiger partial charge in [0.2, 0.25) is 5.88 Å². The Labute approximate surface area is 131 Å². The van der Waals surface area contributed by atoms with Crippen LogP contribution in [0.5, 0.6) is 5.88 Å². The first kappa shape index (κ1) is 12.6. The van der Waals surface area contributed by atoms with Crippen LogP contribution < -0.4 is 4.74 Å². The van der Waals surface area contributed by atoms with Gasteiger partial charge in [0.25, 0.3) is 0 Å². The summed E-state index contributed by atoms with van der Waals surface area (Å²) in [5.74, 6) is 2.02. The maximum atomic E-state index is 5.96. The molecule has 0 radical (unpaired) electrons. The molecule has 1 aliphatic rings. The molecular formula is C17H14N4O2. The summed E-state index contributed by atoms with van der Waals surface area (Å²) in [5, 5.41) is 5.21. The third kappa shape index (κ3) is 2.14. The molecule has 1 aliphatic carbocycles. The number of furan rings is 1. The smallest absolute Gasteiger partial charge is 0.224 e. The van der Waals surface area contributed by atoms with Gasteiger partial charge in [0, 0.05) is 18.5 Å². The van der Waals surface area contributed by atoms with Crippen molar-refractivity contribution in [3.05, 3.63) is 42.9 Å². The lowest BCUT2D eigenvalue weighted by Crippen LogP contribution is -2.00. The van der Waals surface area contributed by atoms with Crippen LogP contribution in [0.15, 0.2) is 47.3 Å². The number of pyridine rings is 1. The Morgan fingerprint density at radius 1 is 1.22 bits per heavy atom. The van der Waals surface area contributed by atoms with Crippen LogP contribution in [-0.2, 0) is 0 Å². The van der Waals surface area contributed by atoms with Gasteiger partial charge in [-0.1, -0.05) is 0 Å². The number of ether oxygens (including phenoxy) is 1. The molecular weight excluding hydrogens is 292 g/mol. The lowest BCUT2D eigenvalue weighted by molar-refractivity contribution is 0.292. The molecule has 5 rings (SSSR count). The summed E-state index contributed by atoms with van der Waals surface area (Å²) >= 11 is 0. The molecule has 23 heavy (non-hydrogen) atoms. The number of hydrogen-bond donors (Lipinski definition) is 0. The lowest BCUT2D eigenvalue weighted by Gasteiger charge is -2.03. The van der Waals surface area contributed by atoms with Crippen LogP contribution >= 0.6 is 0 Å². The minimum absolute atomic E-state index is 0.631. The Kier molecular flexibility index (Phi) is 2.64. The molecule has 0 atom stereocenters. The van der Waals surface area contributed by atoms with E-state index in [4.69, 9.17) is 9.15 Å². The first-order valence-electron chi connectivity index (χ1n) is 7.69. The Bertz CT molecular complexity index is 1000. The molecule has 0 amide bonds. The summed E-state index contributed by atoms with van der Waals surface area (Å²) in [5.41, 5.74) is 2.35. The van der Waals surface area contributed by atoms with Crippen molar-refractivity contribution in [2.75, 3.05) is 6.61 Å². The van der Waals surface area contributed by atoms with Gasteiger partial charge in [-0.3, -0.25) is 0 Å². The molecule has 0 N–H and O–H groups in total. The minimum Gasteiger partial charge on any atom is -0.477 e. The van der Waals surface area contributed by atoms with Crippen LogP contribution in [0, 0.1) is 5.92 Å². The molecule has 0 aliphatic heterocycles. The molecule has 114 valence electrons. The molecule has 6 nitrogen and oxygen atoms in total. The van der Waals surface area contributed by atoms with Gasteiger partial charge in [-0.25, -0.2) is 14.5 Å². The average molecular weight is 306 g/mol. The van der Waals surface area contributed by atoms with Crippen molar-refractivity contribution in [1.82, 2.24) is 19.6 Å². The van der Waals surface area contributed by atoms with Crippen LogP contribution in [-0.4, -0.2) is 26.2 Å². The molecule has 0 aromatic carbocycles. The summed E-state index contributed by atoms with van der Waals surface area (Å²) in [7, 11) is 0. The van der Waals surface area contributed by atoms with Gasteiger partial charge < -0.3 is 9.15 Å². The Morgan fingerprint density at radius 3 is 3.09 bits per heavy atom. The standard InChI is InChI=1S/C17H14N4O2/c1-2-16-19-9-13(21(16)20-6-1)15-8-12-14(23-15)5-7-18-17(12)22-10-11-3-4-11/h1-2,5-9,11H,3-4,10H2. The van der Waals surface area contributed by atoms with Crippen molar-refractivity contribution in [2.24, 2.45) is 5.92 Å². The first-order chi connectivity index (χ1) is 11.4. The largest absolute Gasteiger partial charge is 0.477 e. The maximum absolute atomic E-state index is 5.96. The van der Waals surface area contributed by atoms with Crippen molar-refractivity contribution < 1.29 is 9.15 Å². The lowest BCUT2D eigenvalue weighted by atomic mass is 10.3. The maximum Gasteiger partial charge on any atom is 0.224 e. The van der Waals surface area contributed by atoms with Crippen LogP contribution in [0.1, 0.15) is 12.8 Å². The van der Waals surface area contributed by atoms with Gasteiger partial charge >= 0.3 is 0 Å². The molecule has 4 aromatic rings. The van der Waals surface area contributed by atoms with Crippen molar-refractivity contribution in [1.29, 1.82) is 0 Å². The summed E-state index contributed by atoms with van der Waals surface area (Å²) in [4.78, 5) is 8.69. The van der Waals surface area contributed by atoms with E-state index in [9.17, 15) is 0 Å². The number of nitrogens with zero attached hydrogens (tertiary/aromatic N) is 4. The Morgan fingerprint density at radius 2 is 2.17 bits per heavy atom. The normalized spacial score (nSPS) is 14.6. The van der Waals surface area contributed by atoms with Crippen LogP contribution in [0.25, 0.3) is 28.1 Å². The van der Waals surface area contributed by atoms with E-state index in [0.717, 1.165) is 28.9 Å². The molecule has 1 saturated carbocycles. The highest BCUT2D eigenvalue weighted by molar-refractivity contribution is 5.86. The monoisotopic (exact) mass is 306 g/mol. The average Bonchev–Trinajstić information content (AvgIpc) is 3.15. The van der Waals surface area contributed by atoms with Crippen molar-refractivity contribution in [3.63, 3.8) is 0 Å².